The maximum absolute atomic E-state index is 11.9. The number of halogens is 1. The van der Waals surface area contributed by atoms with Crippen molar-refractivity contribution in [2.45, 2.75) is 19.3 Å². The Morgan fingerprint density at radius 2 is 1.88 bits per heavy atom. The van der Waals surface area contributed by atoms with E-state index in [0.717, 1.165) is 25.9 Å². The molecule has 1 aliphatic heterocycles. The lowest BCUT2D eigenvalue weighted by molar-refractivity contribution is 0.200. The molecule has 0 aromatic heterocycles. The predicted octanol–water partition coefficient (Wildman–Crippen LogP) is 3.36. The highest BCUT2D eigenvalue weighted by atomic mass is 35.5. The first kappa shape index (κ1) is 11.3. The molecule has 0 unspecified atom stereocenters. The van der Waals surface area contributed by atoms with Gasteiger partial charge in [0.25, 0.3) is 0 Å². The molecule has 16 heavy (non-hydrogen) atoms. The van der Waals surface area contributed by atoms with Crippen molar-refractivity contribution in [2.24, 2.45) is 0 Å². The minimum absolute atomic E-state index is 0.0483. The van der Waals surface area contributed by atoms with Gasteiger partial charge in [-0.05, 0) is 31.4 Å². The van der Waals surface area contributed by atoms with E-state index < -0.39 is 0 Å². The first-order valence-corrected chi connectivity index (χ1v) is 5.95. The first-order valence-electron chi connectivity index (χ1n) is 5.58. The number of urea groups is 1. The molecule has 0 atom stereocenters. The Bertz CT molecular complexity index is 375. The van der Waals surface area contributed by atoms with Crippen LogP contribution in [-0.2, 0) is 0 Å². The third-order valence-corrected chi connectivity index (χ3v) is 3.09. The zero-order valence-corrected chi connectivity index (χ0v) is 9.83. The van der Waals surface area contributed by atoms with Crippen LogP contribution in [0.1, 0.15) is 19.3 Å². The molecule has 2 amide bonds. The number of anilines is 1. The predicted molar refractivity (Wildman–Crippen MR) is 65.9 cm³/mol. The zero-order chi connectivity index (χ0) is 11.4. The quantitative estimate of drug-likeness (QED) is 0.800. The van der Waals surface area contributed by atoms with Crippen LogP contribution in [0, 0.1) is 0 Å². The number of hydrogen-bond acceptors (Lipinski definition) is 1. The molecular weight excluding hydrogens is 224 g/mol. The normalized spacial score (nSPS) is 15.9. The number of piperidine rings is 1. The Morgan fingerprint density at radius 3 is 2.56 bits per heavy atom. The number of para-hydroxylation sites is 1. The lowest BCUT2D eigenvalue weighted by Crippen LogP contribution is -2.38. The molecular formula is C12H15ClN2O. The van der Waals surface area contributed by atoms with Crippen LogP contribution in [0.5, 0.6) is 0 Å². The monoisotopic (exact) mass is 238 g/mol. The van der Waals surface area contributed by atoms with Gasteiger partial charge in [0, 0.05) is 13.1 Å². The van der Waals surface area contributed by atoms with Crippen LogP contribution in [0.3, 0.4) is 0 Å². The number of nitrogens with one attached hydrogen (secondary N) is 1. The molecule has 4 heteroatoms. The molecule has 0 radical (unpaired) electrons. The summed E-state index contributed by atoms with van der Waals surface area (Å²) in [6, 6.07) is 7.24. The van der Waals surface area contributed by atoms with Crippen molar-refractivity contribution in [3.8, 4) is 0 Å². The fraction of sp³-hybridized carbons (Fsp3) is 0.417. The standard InChI is InChI=1S/C12H15ClN2O/c13-10-6-2-3-7-11(10)14-12(16)15-8-4-1-5-9-15/h2-3,6-7H,1,4-5,8-9H2,(H,14,16). The highest BCUT2D eigenvalue weighted by Gasteiger charge is 2.16. The molecule has 1 aromatic carbocycles. The highest BCUT2D eigenvalue weighted by molar-refractivity contribution is 6.33. The van der Waals surface area contributed by atoms with Gasteiger partial charge >= 0.3 is 6.03 Å². The average Bonchev–Trinajstić information content (AvgIpc) is 2.33. The summed E-state index contributed by atoms with van der Waals surface area (Å²) < 4.78 is 0. The Hall–Kier alpha value is -1.22. The van der Waals surface area contributed by atoms with Gasteiger partial charge in [-0.2, -0.15) is 0 Å². The van der Waals surface area contributed by atoms with Crippen molar-refractivity contribution in [1.29, 1.82) is 0 Å². The molecule has 0 saturated carbocycles. The molecule has 0 aliphatic carbocycles. The third-order valence-electron chi connectivity index (χ3n) is 2.76. The third kappa shape index (κ3) is 2.67. The Balaban J connectivity index is 1.99. The van der Waals surface area contributed by atoms with Gasteiger partial charge in [-0.15, -0.1) is 0 Å². The molecule has 2 rings (SSSR count). The van der Waals surface area contributed by atoms with Gasteiger partial charge in [0.15, 0.2) is 0 Å². The van der Waals surface area contributed by atoms with Gasteiger partial charge in [-0.3, -0.25) is 0 Å². The van der Waals surface area contributed by atoms with Gasteiger partial charge in [-0.1, -0.05) is 23.7 Å². The summed E-state index contributed by atoms with van der Waals surface area (Å²) in [4.78, 5) is 13.7. The van der Waals surface area contributed by atoms with Crippen molar-refractivity contribution in [3.05, 3.63) is 29.3 Å². The Morgan fingerprint density at radius 1 is 1.19 bits per heavy atom. The van der Waals surface area contributed by atoms with Crippen LogP contribution in [0.2, 0.25) is 5.02 Å². The van der Waals surface area contributed by atoms with Gasteiger partial charge in [-0.25, -0.2) is 4.79 Å². The molecule has 1 fully saturated rings. The van der Waals surface area contributed by atoms with Crippen molar-refractivity contribution in [2.75, 3.05) is 18.4 Å². The number of hydrogen-bond donors (Lipinski definition) is 1. The molecule has 1 N–H and O–H groups in total. The lowest BCUT2D eigenvalue weighted by Gasteiger charge is -2.26. The fourth-order valence-electron chi connectivity index (χ4n) is 1.85. The Kier molecular flexibility index (Phi) is 3.67. The second-order valence-corrected chi connectivity index (χ2v) is 4.36. The molecule has 1 aromatic rings. The minimum atomic E-state index is -0.0483. The summed E-state index contributed by atoms with van der Waals surface area (Å²) in [6.45, 7) is 1.69. The van der Waals surface area contributed by atoms with Crippen LogP contribution in [0.4, 0.5) is 10.5 Å². The maximum Gasteiger partial charge on any atom is 0.321 e. The fourth-order valence-corrected chi connectivity index (χ4v) is 2.04. The van der Waals surface area contributed by atoms with Crippen LogP contribution in [0.15, 0.2) is 24.3 Å². The number of amides is 2. The van der Waals surface area contributed by atoms with E-state index in [1.807, 2.05) is 23.1 Å². The molecule has 1 saturated heterocycles. The minimum Gasteiger partial charge on any atom is -0.325 e. The van der Waals surface area contributed by atoms with Crippen LogP contribution in [0.25, 0.3) is 0 Å². The van der Waals surface area contributed by atoms with Crippen molar-refractivity contribution < 1.29 is 4.79 Å². The summed E-state index contributed by atoms with van der Waals surface area (Å²) in [5.74, 6) is 0. The van der Waals surface area contributed by atoms with E-state index in [0.29, 0.717) is 10.7 Å². The van der Waals surface area contributed by atoms with E-state index in [2.05, 4.69) is 5.32 Å². The van der Waals surface area contributed by atoms with E-state index in [-0.39, 0.29) is 6.03 Å². The largest absolute Gasteiger partial charge is 0.325 e. The molecule has 86 valence electrons. The SMILES string of the molecule is O=C(Nc1ccccc1Cl)N1CCCCC1. The average molecular weight is 239 g/mol. The molecule has 0 spiro atoms. The van der Waals surface area contributed by atoms with E-state index >= 15 is 0 Å². The smallest absolute Gasteiger partial charge is 0.321 e. The number of benzene rings is 1. The zero-order valence-electron chi connectivity index (χ0n) is 9.08. The van der Waals surface area contributed by atoms with Crippen LogP contribution < -0.4 is 5.32 Å². The van der Waals surface area contributed by atoms with Gasteiger partial charge in [0.05, 0.1) is 10.7 Å². The summed E-state index contributed by atoms with van der Waals surface area (Å²) in [5, 5.41) is 3.41. The van der Waals surface area contributed by atoms with E-state index in [4.69, 9.17) is 11.6 Å². The van der Waals surface area contributed by atoms with Crippen LogP contribution >= 0.6 is 11.6 Å². The number of carbonyl (C=O) groups is 1. The summed E-state index contributed by atoms with van der Waals surface area (Å²) in [7, 11) is 0. The summed E-state index contributed by atoms with van der Waals surface area (Å²) in [5.41, 5.74) is 0.680. The first-order chi connectivity index (χ1) is 7.77. The van der Waals surface area contributed by atoms with E-state index in [1.165, 1.54) is 6.42 Å². The second-order valence-electron chi connectivity index (χ2n) is 3.96. The molecule has 1 heterocycles. The topological polar surface area (TPSA) is 32.3 Å². The van der Waals surface area contributed by atoms with Gasteiger partial charge in [0.2, 0.25) is 0 Å². The molecule has 0 bridgehead atoms. The lowest BCUT2D eigenvalue weighted by atomic mass is 10.1. The van der Waals surface area contributed by atoms with E-state index in [1.54, 1.807) is 6.07 Å². The number of likely N-dealkylation sites (tertiary alicyclic amines) is 1. The summed E-state index contributed by atoms with van der Waals surface area (Å²) in [6.07, 6.45) is 3.40. The van der Waals surface area contributed by atoms with Crippen LogP contribution in [-0.4, -0.2) is 24.0 Å². The number of carbonyl (C=O) groups excluding carboxylic acids is 1. The maximum atomic E-state index is 11.9. The van der Waals surface area contributed by atoms with Gasteiger partial charge in [0.1, 0.15) is 0 Å². The van der Waals surface area contributed by atoms with Crippen molar-refractivity contribution >= 4 is 23.3 Å². The van der Waals surface area contributed by atoms with Crippen molar-refractivity contribution in [1.82, 2.24) is 4.90 Å². The van der Waals surface area contributed by atoms with E-state index in [9.17, 15) is 4.79 Å². The highest BCUT2D eigenvalue weighted by Crippen LogP contribution is 2.21. The van der Waals surface area contributed by atoms with Gasteiger partial charge < -0.3 is 10.2 Å². The summed E-state index contributed by atoms with van der Waals surface area (Å²) >= 11 is 5.97. The Labute approximate surface area is 100 Å². The molecule has 3 nitrogen and oxygen atoms in total. The number of rotatable bonds is 1. The second kappa shape index (κ2) is 5.21. The van der Waals surface area contributed by atoms with Crippen molar-refractivity contribution in [3.63, 3.8) is 0 Å². The molecule has 1 aliphatic rings. The number of nitrogens with zero attached hydrogens (tertiary/aromatic N) is 1.